The molecule has 0 radical (unpaired) electrons. The molecule has 3 aromatic rings. The summed E-state index contributed by atoms with van der Waals surface area (Å²) in [4.78, 5) is 0. The largest absolute Gasteiger partial charge is 0.497 e. The van der Waals surface area contributed by atoms with E-state index in [1.807, 2.05) is 56.3 Å². The summed E-state index contributed by atoms with van der Waals surface area (Å²) >= 11 is 0. The quantitative estimate of drug-likeness (QED) is 0.428. The summed E-state index contributed by atoms with van der Waals surface area (Å²) in [6, 6.07) is 13.7. The van der Waals surface area contributed by atoms with Crippen molar-refractivity contribution < 1.29 is 28.4 Å². The second kappa shape index (κ2) is 9.59. The van der Waals surface area contributed by atoms with Crippen LogP contribution >= 0.6 is 0 Å². The van der Waals surface area contributed by atoms with Crippen LogP contribution in [0.1, 0.15) is 33.9 Å². The van der Waals surface area contributed by atoms with Gasteiger partial charge in [0.1, 0.15) is 29.1 Å². The first kappa shape index (κ1) is 23.4. The smallest absolute Gasteiger partial charge is 0.161 e. The Hall–Kier alpha value is -3.80. The number of benzene rings is 3. The van der Waals surface area contributed by atoms with Gasteiger partial charge in [-0.1, -0.05) is 6.07 Å². The molecule has 1 aliphatic heterocycles. The molecule has 1 atom stereocenters. The normalized spacial score (nSPS) is 14.4. The Kier molecular flexibility index (Phi) is 6.59. The van der Waals surface area contributed by atoms with Crippen molar-refractivity contribution in [1.82, 2.24) is 0 Å². The van der Waals surface area contributed by atoms with Crippen LogP contribution in [0.2, 0.25) is 0 Å². The maximum atomic E-state index is 6.66. The SMILES string of the molecule is COc1cc(C)c(C2=Cc3c(OC)cc(C)cc3O[C@@H]2c2ccc(OC)c(OC)c2)c(OC)c1. The van der Waals surface area contributed by atoms with E-state index in [1.165, 1.54) is 0 Å². The average Bonchev–Trinajstić information content (AvgIpc) is 2.86. The van der Waals surface area contributed by atoms with Crippen LogP contribution in [0.5, 0.6) is 34.5 Å². The van der Waals surface area contributed by atoms with Gasteiger partial charge in [0.2, 0.25) is 0 Å². The van der Waals surface area contributed by atoms with Gasteiger partial charge in [-0.05, 0) is 61.4 Å². The maximum Gasteiger partial charge on any atom is 0.161 e. The van der Waals surface area contributed by atoms with Gasteiger partial charge in [0.05, 0.1) is 41.1 Å². The van der Waals surface area contributed by atoms with Crippen LogP contribution in [0.25, 0.3) is 11.6 Å². The lowest BCUT2D eigenvalue weighted by molar-refractivity contribution is 0.257. The monoisotopic (exact) mass is 462 g/mol. The number of hydrogen-bond donors (Lipinski definition) is 0. The van der Waals surface area contributed by atoms with E-state index in [2.05, 4.69) is 6.08 Å². The van der Waals surface area contributed by atoms with Crippen molar-refractivity contribution in [3.63, 3.8) is 0 Å². The third kappa shape index (κ3) is 4.12. The van der Waals surface area contributed by atoms with E-state index in [-0.39, 0.29) is 0 Å². The maximum absolute atomic E-state index is 6.66. The van der Waals surface area contributed by atoms with Gasteiger partial charge < -0.3 is 28.4 Å². The number of aryl methyl sites for hydroxylation is 2. The highest BCUT2D eigenvalue weighted by molar-refractivity contribution is 5.92. The molecule has 0 N–H and O–H groups in total. The molecule has 3 aromatic carbocycles. The second-order valence-electron chi connectivity index (χ2n) is 8.11. The first-order valence-corrected chi connectivity index (χ1v) is 11.0. The molecule has 6 nitrogen and oxygen atoms in total. The fourth-order valence-electron chi connectivity index (χ4n) is 4.40. The standard InChI is InChI=1S/C28H30O6/c1-16-10-23(31-5)20-15-21(27-17(2)12-19(29-3)14-26(27)33-7)28(34-24(20)11-16)18-8-9-22(30-4)25(13-18)32-6/h8-15,28H,1-7H3/t28-/m1/s1. The fourth-order valence-corrected chi connectivity index (χ4v) is 4.40. The lowest BCUT2D eigenvalue weighted by Crippen LogP contribution is -2.16. The van der Waals surface area contributed by atoms with Crippen LogP contribution in [-0.2, 0) is 0 Å². The van der Waals surface area contributed by atoms with Crippen LogP contribution < -0.4 is 28.4 Å². The van der Waals surface area contributed by atoms with Crippen LogP contribution in [-0.4, -0.2) is 35.5 Å². The molecule has 6 heteroatoms. The summed E-state index contributed by atoms with van der Waals surface area (Å²) in [6.45, 7) is 4.06. The predicted molar refractivity (Wildman–Crippen MR) is 133 cm³/mol. The third-order valence-electron chi connectivity index (χ3n) is 6.02. The van der Waals surface area contributed by atoms with Crippen molar-refractivity contribution in [2.75, 3.05) is 35.5 Å². The highest BCUT2D eigenvalue weighted by atomic mass is 16.5. The predicted octanol–water partition coefficient (Wildman–Crippen LogP) is 6.02. The minimum absolute atomic E-state index is 0.417. The molecule has 0 amide bonds. The third-order valence-corrected chi connectivity index (χ3v) is 6.02. The molecule has 0 fully saturated rings. The molecule has 0 spiro atoms. The molecule has 0 unspecified atom stereocenters. The van der Waals surface area contributed by atoms with E-state index >= 15 is 0 Å². The van der Waals surface area contributed by atoms with Gasteiger partial charge in [-0.2, -0.15) is 0 Å². The summed E-state index contributed by atoms with van der Waals surface area (Å²) in [5.74, 6) is 4.23. The van der Waals surface area contributed by atoms with Gasteiger partial charge in [-0.25, -0.2) is 0 Å². The lowest BCUT2D eigenvalue weighted by atomic mass is 9.87. The Morgan fingerprint density at radius 3 is 2.03 bits per heavy atom. The van der Waals surface area contributed by atoms with E-state index in [1.54, 1.807) is 35.5 Å². The summed E-state index contributed by atoms with van der Waals surface area (Å²) in [7, 11) is 8.22. The van der Waals surface area contributed by atoms with Crippen LogP contribution in [0.15, 0.2) is 42.5 Å². The molecule has 1 heterocycles. The van der Waals surface area contributed by atoms with Crippen molar-refractivity contribution >= 4 is 11.6 Å². The first-order chi connectivity index (χ1) is 16.4. The molecule has 0 aromatic heterocycles. The Morgan fingerprint density at radius 2 is 1.38 bits per heavy atom. The number of hydrogen-bond acceptors (Lipinski definition) is 6. The zero-order valence-corrected chi connectivity index (χ0v) is 20.6. The average molecular weight is 463 g/mol. The van der Waals surface area contributed by atoms with E-state index in [0.717, 1.165) is 50.6 Å². The molecule has 1 aliphatic rings. The number of ether oxygens (including phenoxy) is 6. The zero-order valence-electron chi connectivity index (χ0n) is 20.6. The minimum Gasteiger partial charge on any atom is -0.497 e. The Bertz CT molecular complexity index is 1240. The molecule has 4 rings (SSSR count). The highest BCUT2D eigenvalue weighted by Crippen LogP contribution is 2.49. The van der Waals surface area contributed by atoms with Crippen molar-refractivity contribution in [3.05, 3.63) is 70.3 Å². The van der Waals surface area contributed by atoms with Crippen LogP contribution in [0.3, 0.4) is 0 Å². The van der Waals surface area contributed by atoms with Gasteiger partial charge in [0.25, 0.3) is 0 Å². The van der Waals surface area contributed by atoms with E-state index in [0.29, 0.717) is 17.2 Å². The van der Waals surface area contributed by atoms with Crippen molar-refractivity contribution in [3.8, 4) is 34.5 Å². The number of methoxy groups -OCH3 is 5. The van der Waals surface area contributed by atoms with Crippen LogP contribution in [0.4, 0.5) is 0 Å². The topological polar surface area (TPSA) is 55.4 Å². The van der Waals surface area contributed by atoms with E-state index in [9.17, 15) is 0 Å². The molecule has 0 saturated carbocycles. The summed E-state index contributed by atoms with van der Waals surface area (Å²) in [5, 5.41) is 0. The molecule has 0 bridgehead atoms. The summed E-state index contributed by atoms with van der Waals surface area (Å²) in [5.41, 5.74) is 5.75. The van der Waals surface area contributed by atoms with Gasteiger partial charge in [-0.3, -0.25) is 0 Å². The highest BCUT2D eigenvalue weighted by Gasteiger charge is 2.31. The summed E-state index contributed by atoms with van der Waals surface area (Å²) in [6.07, 6.45) is 1.70. The second-order valence-corrected chi connectivity index (χ2v) is 8.11. The van der Waals surface area contributed by atoms with Gasteiger partial charge in [0, 0.05) is 22.8 Å². The minimum atomic E-state index is -0.417. The molecule has 0 saturated heterocycles. The fraction of sp³-hybridized carbons (Fsp3) is 0.286. The van der Waals surface area contributed by atoms with Gasteiger partial charge >= 0.3 is 0 Å². The number of fused-ring (bicyclic) bond motifs is 1. The van der Waals surface area contributed by atoms with E-state index < -0.39 is 6.10 Å². The molecule has 178 valence electrons. The number of rotatable bonds is 7. The zero-order chi connectivity index (χ0) is 24.4. The van der Waals surface area contributed by atoms with Crippen LogP contribution in [0, 0.1) is 13.8 Å². The van der Waals surface area contributed by atoms with Gasteiger partial charge in [0.15, 0.2) is 11.5 Å². The van der Waals surface area contributed by atoms with Crippen molar-refractivity contribution in [2.45, 2.75) is 20.0 Å². The molecular weight excluding hydrogens is 432 g/mol. The molecular formula is C28H30O6. The van der Waals surface area contributed by atoms with E-state index in [4.69, 9.17) is 28.4 Å². The molecule has 0 aliphatic carbocycles. The Labute approximate surface area is 200 Å². The van der Waals surface area contributed by atoms with Crippen molar-refractivity contribution in [1.29, 1.82) is 0 Å². The molecule has 34 heavy (non-hydrogen) atoms. The Morgan fingerprint density at radius 1 is 0.676 bits per heavy atom. The van der Waals surface area contributed by atoms with Gasteiger partial charge in [-0.15, -0.1) is 0 Å². The summed E-state index contributed by atoms with van der Waals surface area (Å²) < 4.78 is 34.6. The lowest BCUT2D eigenvalue weighted by Gasteiger charge is -2.31. The first-order valence-electron chi connectivity index (χ1n) is 11.0. The van der Waals surface area contributed by atoms with Crippen molar-refractivity contribution in [2.24, 2.45) is 0 Å². The Balaban J connectivity index is 1.99.